The second-order valence-electron chi connectivity index (χ2n) is 10.5. The van der Waals surface area contributed by atoms with Gasteiger partial charge in [-0.1, -0.05) is 11.6 Å². The zero-order valence-electron chi connectivity index (χ0n) is 18.6. The molecule has 0 atom stereocenters. The maximum atomic E-state index is 12.1. The molecule has 1 aromatic rings. The maximum Gasteiger partial charge on any atom is 0.258 e. The highest BCUT2D eigenvalue weighted by atomic mass is 35.5. The van der Waals surface area contributed by atoms with Crippen molar-refractivity contribution in [3.63, 3.8) is 0 Å². The summed E-state index contributed by atoms with van der Waals surface area (Å²) in [6.45, 7) is 6.47. The highest BCUT2D eigenvalue weighted by Crippen LogP contribution is 2.53. The number of rotatable bonds is 7. The van der Waals surface area contributed by atoms with E-state index in [1.807, 2.05) is 26.8 Å². The minimum absolute atomic E-state index is 0.0741. The van der Waals surface area contributed by atoms with Gasteiger partial charge in [-0.05, 0) is 88.2 Å². The number of methoxy groups -OCH3 is 1. The molecule has 0 aromatic heterocycles. The first-order valence-corrected chi connectivity index (χ1v) is 11.6. The van der Waals surface area contributed by atoms with Crippen molar-refractivity contribution in [3.05, 3.63) is 22.7 Å². The van der Waals surface area contributed by atoms with Crippen LogP contribution in [0.25, 0.3) is 0 Å². The lowest BCUT2D eigenvalue weighted by Gasteiger charge is -2.54. The van der Waals surface area contributed by atoms with Crippen molar-refractivity contribution < 1.29 is 14.3 Å². The summed E-state index contributed by atoms with van der Waals surface area (Å²) in [4.78, 5) is 12.1. The first-order chi connectivity index (χ1) is 14.2. The molecule has 0 saturated heterocycles. The Morgan fingerprint density at radius 2 is 1.70 bits per heavy atom. The van der Waals surface area contributed by atoms with Crippen molar-refractivity contribution >= 4 is 17.5 Å². The summed E-state index contributed by atoms with van der Waals surface area (Å²) < 4.78 is 11.2. The van der Waals surface area contributed by atoms with Gasteiger partial charge in [0.05, 0.1) is 7.11 Å². The van der Waals surface area contributed by atoms with E-state index in [1.54, 1.807) is 13.2 Å². The topological polar surface area (TPSA) is 59.6 Å². The second kappa shape index (κ2) is 8.58. The molecule has 0 radical (unpaired) electrons. The highest BCUT2D eigenvalue weighted by molar-refractivity contribution is 6.31. The Labute approximate surface area is 185 Å². The third kappa shape index (κ3) is 4.88. The van der Waals surface area contributed by atoms with Gasteiger partial charge in [-0.2, -0.15) is 0 Å². The van der Waals surface area contributed by atoms with Gasteiger partial charge in [0, 0.05) is 29.2 Å². The van der Waals surface area contributed by atoms with Gasteiger partial charge < -0.3 is 20.1 Å². The van der Waals surface area contributed by atoms with Crippen LogP contribution in [-0.4, -0.2) is 31.2 Å². The average molecular weight is 435 g/mol. The van der Waals surface area contributed by atoms with Crippen molar-refractivity contribution in [1.82, 2.24) is 10.6 Å². The number of nitrogens with one attached hydrogen (secondary N) is 2. The minimum atomic E-state index is -0.296. The summed E-state index contributed by atoms with van der Waals surface area (Å²) in [6.07, 6.45) is 7.05. The predicted molar refractivity (Wildman–Crippen MR) is 119 cm³/mol. The molecule has 0 unspecified atom stereocenters. The average Bonchev–Trinajstić information content (AvgIpc) is 2.65. The minimum Gasteiger partial charge on any atom is -0.493 e. The Morgan fingerprint density at radius 3 is 2.27 bits per heavy atom. The van der Waals surface area contributed by atoms with Gasteiger partial charge in [0.1, 0.15) is 0 Å². The van der Waals surface area contributed by atoms with Crippen LogP contribution in [0.4, 0.5) is 0 Å². The maximum absolute atomic E-state index is 12.1. The Balaban J connectivity index is 1.38. The van der Waals surface area contributed by atoms with Crippen LogP contribution < -0.4 is 20.1 Å². The molecule has 4 aliphatic rings. The van der Waals surface area contributed by atoms with Crippen LogP contribution in [-0.2, 0) is 11.3 Å². The number of ether oxygens (including phenoxy) is 2. The molecule has 4 saturated carbocycles. The van der Waals surface area contributed by atoms with E-state index in [9.17, 15) is 4.79 Å². The van der Waals surface area contributed by atoms with Crippen molar-refractivity contribution in [1.29, 1.82) is 0 Å². The fourth-order valence-corrected chi connectivity index (χ4v) is 6.29. The normalized spacial score (nSPS) is 29.7. The molecular weight excluding hydrogens is 400 g/mol. The summed E-state index contributed by atoms with van der Waals surface area (Å²) in [5.74, 6) is 4.52. The molecule has 1 amide bonds. The number of carbonyl (C=O) groups is 1. The smallest absolute Gasteiger partial charge is 0.258 e. The number of hydrogen-bond donors (Lipinski definition) is 2. The molecule has 0 aliphatic heterocycles. The molecule has 30 heavy (non-hydrogen) atoms. The van der Waals surface area contributed by atoms with Crippen molar-refractivity contribution in [2.24, 2.45) is 23.7 Å². The third-order valence-corrected chi connectivity index (χ3v) is 7.31. The molecule has 5 rings (SSSR count). The Hall–Kier alpha value is -1.46. The van der Waals surface area contributed by atoms with Gasteiger partial charge in [0.15, 0.2) is 18.1 Å². The Morgan fingerprint density at radius 1 is 1.07 bits per heavy atom. The first kappa shape index (κ1) is 21.8. The summed E-state index contributed by atoms with van der Waals surface area (Å²) in [5, 5.41) is 7.35. The lowest BCUT2D eigenvalue weighted by molar-refractivity contribution is -0.124. The second-order valence-corrected chi connectivity index (χ2v) is 10.9. The number of hydrogen-bond acceptors (Lipinski definition) is 4. The van der Waals surface area contributed by atoms with Crippen molar-refractivity contribution in [2.45, 2.75) is 71.0 Å². The first-order valence-electron chi connectivity index (χ1n) is 11.3. The van der Waals surface area contributed by atoms with E-state index in [0.29, 0.717) is 22.6 Å². The molecule has 4 bridgehead atoms. The predicted octanol–water partition coefficient (Wildman–Crippen LogP) is 4.56. The van der Waals surface area contributed by atoms with Gasteiger partial charge in [-0.15, -0.1) is 0 Å². The van der Waals surface area contributed by atoms with Crippen LogP contribution in [0.1, 0.15) is 58.4 Å². The largest absolute Gasteiger partial charge is 0.493 e. The van der Waals surface area contributed by atoms with Crippen LogP contribution in [0.3, 0.4) is 0 Å². The Kier molecular flexibility index (Phi) is 6.23. The summed E-state index contributed by atoms with van der Waals surface area (Å²) in [5.41, 5.74) is 0.712. The molecule has 2 N–H and O–H groups in total. The van der Waals surface area contributed by atoms with Gasteiger partial charge in [0.2, 0.25) is 0 Å². The molecule has 1 aromatic carbocycles. The number of halogens is 1. The molecule has 0 heterocycles. The molecule has 4 aliphatic carbocycles. The van der Waals surface area contributed by atoms with Gasteiger partial charge in [-0.25, -0.2) is 0 Å². The van der Waals surface area contributed by atoms with Crippen LogP contribution in [0.15, 0.2) is 12.1 Å². The molecule has 6 heteroatoms. The molecule has 4 fully saturated rings. The SMILES string of the molecule is COc1cc(CNC2C3CC4CC(C3)CC2C4)c(Cl)cc1OCC(=O)NC(C)(C)C. The van der Waals surface area contributed by atoms with E-state index in [0.717, 1.165) is 35.8 Å². The van der Waals surface area contributed by atoms with Crippen LogP contribution in [0, 0.1) is 23.7 Å². The number of benzene rings is 1. The number of amides is 1. The van der Waals surface area contributed by atoms with Crippen LogP contribution >= 0.6 is 11.6 Å². The lowest BCUT2D eigenvalue weighted by atomic mass is 9.54. The molecular formula is C24H35ClN2O3. The van der Waals surface area contributed by atoms with E-state index < -0.39 is 0 Å². The van der Waals surface area contributed by atoms with Gasteiger partial charge >= 0.3 is 0 Å². The zero-order chi connectivity index (χ0) is 21.5. The van der Waals surface area contributed by atoms with Crippen LogP contribution in [0.2, 0.25) is 5.02 Å². The summed E-state index contributed by atoms with van der Waals surface area (Å²) >= 11 is 6.57. The number of carbonyl (C=O) groups excluding carboxylic acids is 1. The van der Waals surface area contributed by atoms with Gasteiger partial charge in [-0.3, -0.25) is 4.79 Å². The molecule has 166 valence electrons. The monoisotopic (exact) mass is 434 g/mol. The van der Waals surface area contributed by atoms with Gasteiger partial charge in [0.25, 0.3) is 5.91 Å². The van der Waals surface area contributed by atoms with E-state index in [2.05, 4.69) is 10.6 Å². The summed E-state index contributed by atoms with van der Waals surface area (Å²) in [6, 6.07) is 4.30. The third-order valence-electron chi connectivity index (χ3n) is 6.96. The van der Waals surface area contributed by atoms with E-state index in [4.69, 9.17) is 21.1 Å². The fraction of sp³-hybridized carbons (Fsp3) is 0.708. The van der Waals surface area contributed by atoms with Crippen LogP contribution in [0.5, 0.6) is 11.5 Å². The van der Waals surface area contributed by atoms with Crippen molar-refractivity contribution in [3.8, 4) is 11.5 Å². The van der Waals surface area contributed by atoms with E-state index in [1.165, 1.54) is 32.1 Å². The standard InChI is InChI=1S/C24H35ClN2O3/c1-24(2,3)27-22(28)13-30-21-11-19(25)18(10-20(21)29-4)12-26-23-16-6-14-5-15(8-16)9-17(23)7-14/h10-11,14-17,23,26H,5-9,12-13H2,1-4H3,(H,27,28). The van der Waals surface area contributed by atoms with E-state index in [-0.39, 0.29) is 18.1 Å². The van der Waals surface area contributed by atoms with E-state index >= 15 is 0 Å². The molecule has 0 spiro atoms. The lowest BCUT2D eigenvalue weighted by Crippen LogP contribution is -2.54. The quantitative estimate of drug-likeness (QED) is 0.660. The molecule has 5 nitrogen and oxygen atoms in total. The highest BCUT2D eigenvalue weighted by Gasteiger charge is 2.47. The Bertz CT molecular complexity index is 761. The van der Waals surface area contributed by atoms with Crippen molar-refractivity contribution in [2.75, 3.05) is 13.7 Å². The zero-order valence-corrected chi connectivity index (χ0v) is 19.3. The fourth-order valence-electron chi connectivity index (χ4n) is 6.07. The summed E-state index contributed by atoms with van der Waals surface area (Å²) in [7, 11) is 1.61.